The fourth-order valence-corrected chi connectivity index (χ4v) is 2.36. The second kappa shape index (κ2) is 5.21. The number of phenols is 1. The molecule has 0 aliphatic rings. The zero-order chi connectivity index (χ0) is 13.9. The summed E-state index contributed by atoms with van der Waals surface area (Å²) in [5.41, 5.74) is 2.01. The van der Waals surface area contributed by atoms with Crippen LogP contribution in [0.25, 0.3) is 10.8 Å². The highest BCUT2D eigenvalue weighted by molar-refractivity contribution is 5.84. The van der Waals surface area contributed by atoms with Gasteiger partial charge in [0.15, 0.2) is 11.5 Å². The van der Waals surface area contributed by atoms with Crippen molar-refractivity contribution in [2.45, 2.75) is 6.42 Å². The van der Waals surface area contributed by atoms with Crippen molar-refractivity contribution in [3.8, 4) is 11.5 Å². The highest BCUT2D eigenvalue weighted by Gasteiger charge is 2.06. The number of rotatable bonds is 3. The molecule has 0 amide bonds. The van der Waals surface area contributed by atoms with Crippen molar-refractivity contribution in [2.75, 3.05) is 7.11 Å². The molecule has 0 atom stereocenters. The Bertz CT molecular complexity index is 748. The van der Waals surface area contributed by atoms with Gasteiger partial charge in [-0.2, -0.15) is 0 Å². The molecule has 0 aliphatic heterocycles. The first kappa shape index (κ1) is 12.5. The van der Waals surface area contributed by atoms with E-state index in [0.717, 1.165) is 16.6 Å². The van der Waals surface area contributed by atoms with Gasteiger partial charge in [-0.15, -0.1) is 0 Å². The van der Waals surface area contributed by atoms with E-state index in [1.54, 1.807) is 19.2 Å². The number of pyridine rings is 1. The molecule has 0 saturated heterocycles. The summed E-state index contributed by atoms with van der Waals surface area (Å²) < 4.78 is 5.05. The first-order valence-corrected chi connectivity index (χ1v) is 6.46. The molecule has 0 fully saturated rings. The third-order valence-corrected chi connectivity index (χ3v) is 3.37. The van der Waals surface area contributed by atoms with Crippen molar-refractivity contribution in [2.24, 2.45) is 0 Å². The predicted octanol–water partition coefficient (Wildman–Crippen LogP) is 3.54. The second-order valence-electron chi connectivity index (χ2n) is 4.66. The zero-order valence-corrected chi connectivity index (χ0v) is 11.2. The van der Waals surface area contributed by atoms with Crippen molar-refractivity contribution in [1.82, 2.24) is 4.98 Å². The molecule has 1 aromatic heterocycles. The summed E-state index contributed by atoms with van der Waals surface area (Å²) in [4.78, 5) is 4.46. The maximum absolute atomic E-state index is 9.84. The van der Waals surface area contributed by atoms with Crippen LogP contribution in [-0.2, 0) is 6.42 Å². The summed E-state index contributed by atoms with van der Waals surface area (Å²) in [6.07, 6.45) is 2.50. The van der Waals surface area contributed by atoms with Crippen LogP contribution in [0.3, 0.4) is 0 Å². The van der Waals surface area contributed by atoms with Gasteiger partial charge in [-0.05, 0) is 29.1 Å². The number of phenolic OH excluding ortho intramolecular Hbond substituents is 1. The Labute approximate surface area is 117 Å². The lowest BCUT2D eigenvalue weighted by atomic mass is 10.0. The van der Waals surface area contributed by atoms with E-state index in [-0.39, 0.29) is 5.75 Å². The molecule has 0 saturated carbocycles. The minimum atomic E-state index is 0.158. The van der Waals surface area contributed by atoms with E-state index in [0.29, 0.717) is 12.2 Å². The molecule has 1 N–H and O–H groups in total. The zero-order valence-electron chi connectivity index (χ0n) is 11.2. The molecule has 2 aromatic carbocycles. The minimum Gasteiger partial charge on any atom is -0.504 e. The Kier molecular flexibility index (Phi) is 3.25. The molecule has 0 aliphatic carbocycles. The van der Waals surface area contributed by atoms with Crippen LogP contribution in [-0.4, -0.2) is 17.2 Å². The normalized spacial score (nSPS) is 10.7. The fourth-order valence-electron chi connectivity index (χ4n) is 2.36. The van der Waals surface area contributed by atoms with Crippen molar-refractivity contribution < 1.29 is 9.84 Å². The van der Waals surface area contributed by atoms with E-state index < -0.39 is 0 Å². The molecular weight excluding hydrogens is 250 g/mol. The quantitative estimate of drug-likeness (QED) is 0.787. The summed E-state index contributed by atoms with van der Waals surface area (Å²) in [7, 11) is 1.54. The van der Waals surface area contributed by atoms with E-state index in [2.05, 4.69) is 17.1 Å². The van der Waals surface area contributed by atoms with Crippen molar-refractivity contribution >= 4 is 10.8 Å². The number of nitrogens with zero attached hydrogens (tertiary/aromatic N) is 1. The van der Waals surface area contributed by atoms with E-state index in [1.807, 2.05) is 30.5 Å². The molecule has 20 heavy (non-hydrogen) atoms. The third kappa shape index (κ3) is 2.30. The Hall–Kier alpha value is -2.55. The van der Waals surface area contributed by atoms with Crippen molar-refractivity contribution in [1.29, 1.82) is 0 Å². The van der Waals surface area contributed by atoms with Gasteiger partial charge < -0.3 is 9.84 Å². The summed E-state index contributed by atoms with van der Waals surface area (Å²) in [6.45, 7) is 0. The highest BCUT2D eigenvalue weighted by Crippen LogP contribution is 2.28. The molecule has 3 aromatic rings. The van der Waals surface area contributed by atoms with Crippen molar-refractivity contribution in [3.05, 3.63) is 66.0 Å². The Morgan fingerprint density at radius 1 is 1.10 bits per heavy atom. The van der Waals surface area contributed by atoms with Crippen LogP contribution in [0.5, 0.6) is 11.5 Å². The van der Waals surface area contributed by atoms with E-state index >= 15 is 0 Å². The van der Waals surface area contributed by atoms with Gasteiger partial charge in [-0.25, -0.2) is 0 Å². The van der Waals surface area contributed by atoms with Gasteiger partial charge in [0.25, 0.3) is 0 Å². The van der Waals surface area contributed by atoms with Crippen LogP contribution in [0.15, 0.2) is 54.7 Å². The van der Waals surface area contributed by atoms with Crippen molar-refractivity contribution in [3.63, 3.8) is 0 Å². The predicted molar refractivity (Wildman–Crippen MR) is 79.2 cm³/mol. The van der Waals surface area contributed by atoms with Gasteiger partial charge in [-0.3, -0.25) is 4.98 Å². The van der Waals surface area contributed by atoms with Gasteiger partial charge >= 0.3 is 0 Å². The summed E-state index contributed by atoms with van der Waals surface area (Å²) in [5.74, 6) is 0.643. The van der Waals surface area contributed by atoms with Gasteiger partial charge in [0.05, 0.1) is 12.8 Å². The van der Waals surface area contributed by atoms with Crippen LogP contribution < -0.4 is 4.74 Å². The molecule has 3 nitrogen and oxygen atoms in total. The monoisotopic (exact) mass is 265 g/mol. The maximum Gasteiger partial charge on any atom is 0.160 e. The molecule has 3 rings (SSSR count). The fraction of sp³-hybridized carbons (Fsp3) is 0.118. The molecule has 1 heterocycles. The summed E-state index contributed by atoms with van der Waals surface area (Å²) in [6, 6.07) is 15.6. The topological polar surface area (TPSA) is 42.4 Å². The first-order chi connectivity index (χ1) is 9.78. The van der Waals surface area contributed by atoms with Crippen LogP contribution >= 0.6 is 0 Å². The lowest BCUT2D eigenvalue weighted by molar-refractivity contribution is 0.373. The van der Waals surface area contributed by atoms with Crippen LogP contribution in [0.2, 0.25) is 0 Å². The average Bonchev–Trinajstić information content (AvgIpc) is 2.48. The van der Waals surface area contributed by atoms with Gasteiger partial charge in [0, 0.05) is 18.0 Å². The number of hydrogen-bond acceptors (Lipinski definition) is 3. The van der Waals surface area contributed by atoms with E-state index in [4.69, 9.17) is 4.74 Å². The molecule has 100 valence electrons. The number of aromatic nitrogens is 1. The Morgan fingerprint density at radius 2 is 1.95 bits per heavy atom. The molecule has 3 heteroatoms. The summed E-state index contributed by atoms with van der Waals surface area (Å²) in [5, 5.41) is 12.2. The van der Waals surface area contributed by atoms with Gasteiger partial charge in [-0.1, -0.05) is 30.3 Å². The second-order valence-corrected chi connectivity index (χ2v) is 4.66. The number of fused-ring (bicyclic) bond motifs is 1. The first-order valence-electron chi connectivity index (χ1n) is 6.46. The molecule has 0 unspecified atom stereocenters. The highest BCUT2D eigenvalue weighted by atomic mass is 16.5. The van der Waals surface area contributed by atoms with E-state index in [9.17, 15) is 5.11 Å². The maximum atomic E-state index is 9.84. The number of aromatic hydroxyl groups is 1. The van der Waals surface area contributed by atoms with Crippen LogP contribution in [0.1, 0.15) is 11.3 Å². The lowest BCUT2D eigenvalue weighted by Gasteiger charge is -2.08. The number of hydrogen-bond donors (Lipinski definition) is 1. The van der Waals surface area contributed by atoms with Gasteiger partial charge in [0.1, 0.15) is 0 Å². The molecule has 0 spiro atoms. The molecule has 0 bridgehead atoms. The van der Waals surface area contributed by atoms with E-state index in [1.165, 1.54) is 5.39 Å². The smallest absolute Gasteiger partial charge is 0.160 e. The third-order valence-electron chi connectivity index (χ3n) is 3.37. The average molecular weight is 265 g/mol. The van der Waals surface area contributed by atoms with Gasteiger partial charge in [0.2, 0.25) is 0 Å². The largest absolute Gasteiger partial charge is 0.504 e. The SMILES string of the molecule is COc1ccc(Cc2nccc3ccccc23)cc1O. The summed E-state index contributed by atoms with van der Waals surface area (Å²) >= 11 is 0. The van der Waals surface area contributed by atoms with Crippen LogP contribution in [0, 0.1) is 0 Å². The lowest BCUT2D eigenvalue weighted by Crippen LogP contribution is -1.94. The number of methoxy groups -OCH3 is 1. The van der Waals surface area contributed by atoms with Crippen LogP contribution in [0.4, 0.5) is 0 Å². The minimum absolute atomic E-state index is 0.158. The molecular formula is C17H15NO2. The number of benzene rings is 2. The number of ether oxygens (including phenoxy) is 1. The molecule has 0 radical (unpaired) electrons. The Balaban J connectivity index is 1.99. The standard InChI is InChI=1S/C17H15NO2/c1-20-17-7-6-12(11-16(17)19)10-15-14-5-3-2-4-13(14)8-9-18-15/h2-9,11,19H,10H2,1H3. The Morgan fingerprint density at radius 3 is 2.75 bits per heavy atom.